The molecule has 2 rings (SSSR count). The smallest absolute Gasteiger partial charge is 0.383 e. The second kappa shape index (κ2) is 12.9. The molecule has 2 aromatic rings. The van der Waals surface area contributed by atoms with E-state index in [0.29, 0.717) is 34.0 Å². The average molecular weight is 532 g/mol. The summed E-state index contributed by atoms with van der Waals surface area (Å²) < 4.78 is 15.5. The van der Waals surface area contributed by atoms with Gasteiger partial charge in [-0.05, 0) is 25.6 Å². The zero-order chi connectivity index (χ0) is 23.0. The molecule has 0 bridgehead atoms. The van der Waals surface area contributed by atoms with Crippen molar-refractivity contribution in [2.75, 3.05) is 12.3 Å². The van der Waals surface area contributed by atoms with Crippen LogP contribution in [-0.2, 0) is 39.9 Å². The van der Waals surface area contributed by atoms with Crippen LogP contribution in [0.15, 0.2) is 47.1 Å². The molecule has 10 nitrogen and oxygen atoms in total. The molecule has 4 N–H and O–H groups in total. The van der Waals surface area contributed by atoms with Gasteiger partial charge in [-0.15, -0.1) is 0 Å². The van der Waals surface area contributed by atoms with Crippen molar-refractivity contribution in [2.24, 2.45) is 0 Å². The minimum atomic E-state index is -4.67. The van der Waals surface area contributed by atoms with Crippen LogP contribution >= 0.6 is 19.6 Å². The van der Waals surface area contributed by atoms with Gasteiger partial charge in [0.05, 0.1) is 13.2 Å². The first-order chi connectivity index (χ1) is 14.6. The molecular weight excluding hydrogens is 509 g/mol. The molecule has 1 aromatic heterocycles. The van der Waals surface area contributed by atoms with Crippen molar-refractivity contribution in [3.8, 4) is 0 Å². The SMILES string of the molecule is CC(=C(CCOP(=O)(O)O)SC(=O)c1ccccc1)N(C=O)Cc1cnc(C)nc1N.[Zn]. The number of aromatic nitrogens is 2. The summed E-state index contributed by atoms with van der Waals surface area (Å²) in [5.41, 5.74) is 7.29. The predicted octanol–water partition coefficient (Wildman–Crippen LogP) is 2.63. The number of hydrogen-bond acceptors (Lipinski definition) is 8. The summed E-state index contributed by atoms with van der Waals surface area (Å²) in [6, 6.07) is 8.52. The first kappa shape index (κ1) is 28.1. The van der Waals surface area contributed by atoms with E-state index in [1.807, 2.05) is 0 Å². The molecule has 0 aliphatic heterocycles. The Labute approximate surface area is 202 Å². The number of nitrogens with zero attached hydrogens (tertiary/aromatic N) is 3. The van der Waals surface area contributed by atoms with Crippen LogP contribution < -0.4 is 5.73 Å². The van der Waals surface area contributed by atoms with E-state index in [9.17, 15) is 14.2 Å². The van der Waals surface area contributed by atoms with Crippen molar-refractivity contribution in [1.29, 1.82) is 0 Å². The number of thioether (sulfide) groups is 1. The van der Waals surface area contributed by atoms with Crippen LogP contribution in [0.5, 0.6) is 0 Å². The van der Waals surface area contributed by atoms with E-state index in [2.05, 4.69) is 14.5 Å². The molecule has 1 amide bonds. The molecule has 0 radical (unpaired) electrons. The van der Waals surface area contributed by atoms with Crippen LogP contribution in [0.2, 0.25) is 0 Å². The summed E-state index contributed by atoms with van der Waals surface area (Å²) >= 11 is 0.862. The number of phosphoric acid groups is 1. The molecular formula is C19H23N4O6PSZn. The molecule has 0 saturated carbocycles. The van der Waals surface area contributed by atoms with Gasteiger partial charge in [0.2, 0.25) is 11.5 Å². The average Bonchev–Trinajstić information content (AvgIpc) is 2.71. The molecule has 1 heterocycles. The third kappa shape index (κ3) is 8.90. The summed E-state index contributed by atoms with van der Waals surface area (Å²) in [6.07, 6.45) is 2.09. The van der Waals surface area contributed by atoms with Crippen molar-refractivity contribution >= 4 is 36.9 Å². The number of nitrogens with two attached hydrogens (primary N) is 1. The molecule has 0 aliphatic rings. The Morgan fingerprint density at radius 3 is 2.53 bits per heavy atom. The molecule has 0 unspecified atom stereocenters. The Bertz CT molecular complexity index is 1020. The molecule has 0 fully saturated rings. The van der Waals surface area contributed by atoms with Crippen LogP contribution in [-0.4, -0.2) is 42.8 Å². The Kier molecular flexibility index (Phi) is 11.4. The number of carbonyl (C=O) groups is 2. The van der Waals surface area contributed by atoms with Gasteiger partial charge in [0.1, 0.15) is 11.6 Å². The number of benzene rings is 1. The molecule has 0 spiro atoms. The third-order valence-corrected chi connectivity index (χ3v) is 5.82. The number of amides is 1. The maximum Gasteiger partial charge on any atom is 0.469 e. The molecule has 0 atom stereocenters. The van der Waals surface area contributed by atoms with Gasteiger partial charge in [0, 0.05) is 53.8 Å². The number of allylic oxidation sites excluding steroid dienone is 1. The molecule has 13 heteroatoms. The minimum Gasteiger partial charge on any atom is -0.383 e. The molecule has 1 aromatic carbocycles. The Hall–Kier alpha value is -1.94. The topological polar surface area (TPSA) is 156 Å². The van der Waals surface area contributed by atoms with Gasteiger partial charge in [-0.1, -0.05) is 30.3 Å². The maximum atomic E-state index is 12.7. The van der Waals surface area contributed by atoms with Crippen molar-refractivity contribution in [2.45, 2.75) is 26.8 Å². The molecule has 168 valence electrons. The van der Waals surface area contributed by atoms with Crippen molar-refractivity contribution in [3.63, 3.8) is 0 Å². The fraction of sp³-hybridized carbons (Fsp3) is 0.263. The van der Waals surface area contributed by atoms with Crippen LogP contribution in [0.4, 0.5) is 5.82 Å². The molecule has 0 aliphatic carbocycles. The second-order valence-corrected chi connectivity index (χ2v) is 8.71. The Morgan fingerprint density at radius 2 is 1.97 bits per heavy atom. The van der Waals surface area contributed by atoms with Gasteiger partial charge in [0.15, 0.2) is 0 Å². The zero-order valence-electron chi connectivity index (χ0n) is 17.7. The van der Waals surface area contributed by atoms with Gasteiger partial charge in [-0.3, -0.25) is 14.1 Å². The van der Waals surface area contributed by atoms with Crippen molar-refractivity contribution in [3.05, 3.63) is 64.1 Å². The van der Waals surface area contributed by atoms with E-state index in [1.54, 1.807) is 44.2 Å². The fourth-order valence-corrected chi connectivity index (χ4v) is 3.78. The summed E-state index contributed by atoms with van der Waals surface area (Å²) in [4.78, 5) is 52.2. The number of carbonyl (C=O) groups excluding carboxylic acids is 2. The number of nitrogen functional groups attached to an aromatic ring is 1. The van der Waals surface area contributed by atoms with Gasteiger partial charge in [0.25, 0.3) is 0 Å². The number of phosphoric ester groups is 1. The van der Waals surface area contributed by atoms with E-state index in [4.69, 9.17) is 15.5 Å². The third-order valence-electron chi connectivity index (χ3n) is 4.13. The second-order valence-electron chi connectivity index (χ2n) is 6.40. The van der Waals surface area contributed by atoms with Gasteiger partial charge >= 0.3 is 7.82 Å². The van der Waals surface area contributed by atoms with E-state index in [1.165, 1.54) is 11.1 Å². The van der Waals surface area contributed by atoms with Crippen molar-refractivity contribution in [1.82, 2.24) is 14.9 Å². The fourth-order valence-electron chi connectivity index (χ4n) is 2.52. The zero-order valence-corrected chi connectivity index (χ0v) is 22.3. The number of anilines is 1. The number of hydrogen-bond donors (Lipinski definition) is 3. The Balaban J connectivity index is 0.00000512. The maximum absolute atomic E-state index is 12.7. The standard InChI is InChI=1S/C19H23N4O6PS.Zn/c1-13(23(12-24)11-16-10-21-14(2)22-18(16)20)17(8-9-29-30(26,27)28)31-19(25)15-6-4-3-5-7-15;/h3-7,10,12H,8-9,11H2,1-2H3,(H2,20,21,22)(H2,26,27,28);. The van der Waals surface area contributed by atoms with E-state index >= 15 is 0 Å². The summed E-state index contributed by atoms with van der Waals surface area (Å²) in [5, 5.41) is -0.282. The quantitative estimate of drug-likeness (QED) is 0.236. The summed E-state index contributed by atoms with van der Waals surface area (Å²) in [7, 11) is -4.67. The van der Waals surface area contributed by atoms with Gasteiger partial charge in [-0.2, -0.15) is 0 Å². The van der Waals surface area contributed by atoms with Gasteiger partial charge in [-0.25, -0.2) is 14.5 Å². The molecule has 0 saturated heterocycles. The van der Waals surface area contributed by atoms with E-state index in [-0.39, 0.29) is 50.0 Å². The summed E-state index contributed by atoms with van der Waals surface area (Å²) in [6.45, 7) is 3.03. The normalized spacial score (nSPS) is 11.9. The van der Waals surface area contributed by atoms with Crippen LogP contribution in [0, 0.1) is 6.92 Å². The van der Waals surface area contributed by atoms with Crippen LogP contribution in [0.25, 0.3) is 0 Å². The Morgan fingerprint density at radius 1 is 1.31 bits per heavy atom. The monoisotopic (exact) mass is 530 g/mol. The number of rotatable bonds is 10. The number of aryl methyl sites for hydroxylation is 1. The van der Waals surface area contributed by atoms with E-state index < -0.39 is 7.82 Å². The predicted molar refractivity (Wildman–Crippen MR) is 116 cm³/mol. The molecule has 32 heavy (non-hydrogen) atoms. The van der Waals surface area contributed by atoms with E-state index in [0.717, 1.165) is 11.8 Å². The first-order valence-electron chi connectivity index (χ1n) is 9.07. The largest absolute Gasteiger partial charge is 0.469 e. The summed E-state index contributed by atoms with van der Waals surface area (Å²) in [5.74, 6) is 0.719. The van der Waals surface area contributed by atoms with Crippen molar-refractivity contribution < 1.29 is 47.9 Å². The minimum absolute atomic E-state index is 0. The first-order valence-corrected chi connectivity index (χ1v) is 11.4. The van der Waals surface area contributed by atoms with Crippen LogP contribution in [0.1, 0.15) is 35.1 Å². The van der Waals surface area contributed by atoms with Crippen LogP contribution in [0.3, 0.4) is 0 Å². The van der Waals surface area contributed by atoms with Gasteiger partial charge < -0.3 is 20.4 Å².